The smallest absolute Gasteiger partial charge is 0.237 e. The molecule has 0 aliphatic heterocycles. The summed E-state index contributed by atoms with van der Waals surface area (Å²) in [6, 6.07) is 15.9. The summed E-state index contributed by atoms with van der Waals surface area (Å²) < 4.78 is 5.36. The van der Waals surface area contributed by atoms with E-state index in [9.17, 15) is 4.79 Å². The zero-order chi connectivity index (χ0) is 18.5. The van der Waals surface area contributed by atoms with Crippen LogP contribution in [0, 0.1) is 0 Å². The largest absolute Gasteiger partial charge is 0.338 e. The third-order valence-electron chi connectivity index (χ3n) is 3.84. The van der Waals surface area contributed by atoms with Crippen LogP contribution in [0.2, 0.25) is 0 Å². The third-order valence-corrected chi connectivity index (χ3v) is 4.84. The number of nitrogens with zero attached hydrogens (tertiary/aromatic N) is 2. The van der Waals surface area contributed by atoms with Crippen LogP contribution in [-0.4, -0.2) is 16.0 Å². The Bertz CT molecular complexity index is 871. The quantitative estimate of drug-likeness (QED) is 0.613. The van der Waals surface area contributed by atoms with Gasteiger partial charge in [-0.3, -0.25) is 4.79 Å². The van der Waals surface area contributed by atoms with Crippen molar-refractivity contribution in [3.8, 4) is 11.4 Å². The van der Waals surface area contributed by atoms with Crippen LogP contribution in [0.25, 0.3) is 11.4 Å². The highest BCUT2D eigenvalue weighted by molar-refractivity contribution is 7.98. The molecule has 0 aliphatic carbocycles. The first-order valence-corrected chi connectivity index (χ1v) is 9.43. The molecule has 0 bridgehead atoms. The van der Waals surface area contributed by atoms with E-state index in [1.807, 2.05) is 36.4 Å². The highest BCUT2D eigenvalue weighted by atomic mass is 32.2. The molecule has 6 heteroatoms. The molecule has 0 saturated heterocycles. The average Bonchev–Trinajstić information content (AvgIpc) is 3.10. The molecule has 3 rings (SSSR count). The maximum absolute atomic E-state index is 11.0. The second-order valence-corrected chi connectivity index (χ2v) is 7.33. The lowest BCUT2D eigenvalue weighted by atomic mass is 10.0. The lowest BCUT2D eigenvalue weighted by Gasteiger charge is -2.04. The van der Waals surface area contributed by atoms with Gasteiger partial charge in [0.05, 0.1) is 5.75 Å². The molecule has 0 unspecified atom stereocenters. The van der Waals surface area contributed by atoms with Gasteiger partial charge in [0.1, 0.15) is 0 Å². The van der Waals surface area contributed by atoms with E-state index in [2.05, 4.69) is 41.4 Å². The van der Waals surface area contributed by atoms with E-state index in [1.165, 1.54) is 12.5 Å². The van der Waals surface area contributed by atoms with Crippen molar-refractivity contribution in [2.45, 2.75) is 37.3 Å². The standard InChI is InChI=1S/C20H21N3O2S/c1-13(2)15-4-6-16(7-5-15)20-22-19(25-23-20)12-26-18-10-8-17(9-11-18)21-14(3)24/h4-11,13H,12H2,1-3H3,(H,21,24). The van der Waals surface area contributed by atoms with E-state index in [4.69, 9.17) is 4.52 Å². The summed E-state index contributed by atoms with van der Waals surface area (Å²) in [6.07, 6.45) is 0. The second kappa shape index (κ2) is 8.19. The van der Waals surface area contributed by atoms with Crippen molar-refractivity contribution in [1.82, 2.24) is 10.1 Å². The summed E-state index contributed by atoms with van der Waals surface area (Å²) in [5.74, 6) is 2.21. The van der Waals surface area contributed by atoms with Crippen molar-refractivity contribution < 1.29 is 9.32 Å². The van der Waals surface area contributed by atoms with Crippen LogP contribution in [0.3, 0.4) is 0 Å². The highest BCUT2D eigenvalue weighted by Crippen LogP contribution is 2.25. The number of thioether (sulfide) groups is 1. The SMILES string of the molecule is CC(=O)Nc1ccc(SCc2nc(-c3ccc(C(C)C)cc3)no2)cc1. The van der Waals surface area contributed by atoms with Crippen molar-refractivity contribution in [2.75, 3.05) is 5.32 Å². The summed E-state index contributed by atoms with van der Waals surface area (Å²) in [4.78, 5) is 16.6. The molecular weight excluding hydrogens is 346 g/mol. The van der Waals surface area contributed by atoms with Crippen molar-refractivity contribution in [2.24, 2.45) is 0 Å². The lowest BCUT2D eigenvalue weighted by molar-refractivity contribution is -0.114. The molecule has 2 aromatic carbocycles. The third kappa shape index (κ3) is 4.73. The molecule has 5 nitrogen and oxygen atoms in total. The maximum Gasteiger partial charge on any atom is 0.237 e. The number of benzene rings is 2. The van der Waals surface area contributed by atoms with Crippen molar-refractivity contribution >= 4 is 23.4 Å². The number of rotatable bonds is 6. The predicted octanol–water partition coefficient (Wildman–Crippen LogP) is 5.11. The van der Waals surface area contributed by atoms with E-state index in [0.717, 1.165) is 16.1 Å². The minimum atomic E-state index is -0.0785. The van der Waals surface area contributed by atoms with Crippen LogP contribution in [0.15, 0.2) is 57.9 Å². The Kier molecular flexibility index (Phi) is 5.73. The van der Waals surface area contributed by atoms with E-state index < -0.39 is 0 Å². The molecule has 26 heavy (non-hydrogen) atoms. The van der Waals surface area contributed by atoms with Gasteiger partial charge < -0.3 is 9.84 Å². The van der Waals surface area contributed by atoms with E-state index in [-0.39, 0.29) is 5.91 Å². The van der Waals surface area contributed by atoms with Gasteiger partial charge in [0.25, 0.3) is 0 Å². The minimum Gasteiger partial charge on any atom is -0.338 e. The topological polar surface area (TPSA) is 68.0 Å². The Labute approximate surface area is 157 Å². The van der Waals surface area contributed by atoms with Crippen LogP contribution in [-0.2, 0) is 10.5 Å². The Morgan fingerprint density at radius 1 is 1.12 bits per heavy atom. The Balaban J connectivity index is 1.60. The fraction of sp³-hybridized carbons (Fsp3) is 0.250. The van der Waals surface area contributed by atoms with Gasteiger partial charge in [-0.25, -0.2) is 0 Å². The van der Waals surface area contributed by atoms with Crippen molar-refractivity contribution in [3.63, 3.8) is 0 Å². The number of carbonyl (C=O) groups is 1. The number of anilines is 1. The van der Waals surface area contributed by atoms with Crippen LogP contribution in [0.4, 0.5) is 5.69 Å². The van der Waals surface area contributed by atoms with Crippen molar-refractivity contribution in [3.05, 3.63) is 60.0 Å². The molecule has 0 aliphatic rings. The predicted molar refractivity (Wildman–Crippen MR) is 104 cm³/mol. The van der Waals surface area contributed by atoms with E-state index in [0.29, 0.717) is 23.4 Å². The average molecular weight is 367 g/mol. The summed E-state index contributed by atoms with van der Waals surface area (Å²) >= 11 is 1.61. The second-order valence-electron chi connectivity index (χ2n) is 6.28. The summed E-state index contributed by atoms with van der Waals surface area (Å²) in [5.41, 5.74) is 3.02. The van der Waals surface area contributed by atoms with Crippen LogP contribution in [0.1, 0.15) is 38.1 Å². The Morgan fingerprint density at radius 2 is 1.81 bits per heavy atom. The number of hydrogen-bond donors (Lipinski definition) is 1. The van der Waals surface area contributed by atoms with E-state index in [1.54, 1.807) is 11.8 Å². The molecule has 0 radical (unpaired) electrons. The molecule has 3 aromatic rings. The number of amides is 1. The van der Waals surface area contributed by atoms with Crippen molar-refractivity contribution in [1.29, 1.82) is 0 Å². The molecule has 0 saturated carbocycles. The van der Waals surface area contributed by atoms with Gasteiger partial charge in [-0.1, -0.05) is 43.3 Å². The Hall–Kier alpha value is -2.60. The molecule has 0 atom stereocenters. The molecular formula is C20H21N3O2S. The van der Waals surface area contributed by atoms with Crippen LogP contribution < -0.4 is 5.32 Å². The van der Waals surface area contributed by atoms with Gasteiger partial charge in [-0.05, 0) is 35.7 Å². The van der Waals surface area contributed by atoms with Gasteiger partial charge in [-0.15, -0.1) is 11.8 Å². The molecule has 1 amide bonds. The monoisotopic (exact) mass is 367 g/mol. The van der Waals surface area contributed by atoms with Crippen LogP contribution >= 0.6 is 11.8 Å². The number of hydrogen-bond acceptors (Lipinski definition) is 5. The Morgan fingerprint density at radius 3 is 2.42 bits per heavy atom. The van der Waals surface area contributed by atoms with E-state index >= 15 is 0 Å². The zero-order valence-corrected chi connectivity index (χ0v) is 15.8. The van der Waals surface area contributed by atoms with Gasteiger partial charge >= 0.3 is 0 Å². The number of nitrogens with one attached hydrogen (secondary N) is 1. The normalized spacial score (nSPS) is 10.9. The lowest BCUT2D eigenvalue weighted by Crippen LogP contribution is -2.05. The number of aromatic nitrogens is 2. The molecule has 0 spiro atoms. The van der Waals surface area contributed by atoms with Crippen LogP contribution in [0.5, 0.6) is 0 Å². The molecule has 1 aromatic heterocycles. The first-order chi connectivity index (χ1) is 12.5. The fourth-order valence-electron chi connectivity index (χ4n) is 2.43. The minimum absolute atomic E-state index is 0.0785. The summed E-state index contributed by atoms with van der Waals surface area (Å²) in [5, 5.41) is 6.82. The van der Waals surface area contributed by atoms with Gasteiger partial charge in [0.2, 0.25) is 17.6 Å². The maximum atomic E-state index is 11.0. The highest BCUT2D eigenvalue weighted by Gasteiger charge is 2.10. The molecule has 1 heterocycles. The summed E-state index contributed by atoms with van der Waals surface area (Å²) in [7, 11) is 0. The molecule has 1 N–H and O–H groups in total. The first-order valence-electron chi connectivity index (χ1n) is 8.44. The zero-order valence-electron chi connectivity index (χ0n) is 15.0. The van der Waals surface area contributed by atoms with Gasteiger partial charge in [0, 0.05) is 23.1 Å². The van der Waals surface area contributed by atoms with Gasteiger partial charge in [0.15, 0.2) is 0 Å². The first kappa shape index (κ1) is 18.2. The van der Waals surface area contributed by atoms with Gasteiger partial charge in [-0.2, -0.15) is 4.98 Å². The molecule has 0 fully saturated rings. The summed E-state index contributed by atoms with van der Waals surface area (Å²) in [6.45, 7) is 5.83. The fourth-order valence-corrected chi connectivity index (χ4v) is 3.17. The molecule has 134 valence electrons. The number of carbonyl (C=O) groups excluding carboxylic acids is 1.